The summed E-state index contributed by atoms with van der Waals surface area (Å²) in [6.45, 7) is 5.98. The zero-order valence-corrected chi connectivity index (χ0v) is 13.5. The number of carboxylic acid groups (broad SMARTS) is 1. The van der Waals surface area contributed by atoms with E-state index in [0.29, 0.717) is 12.0 Å². The first-order chi connectivity index (χ1) is 9.32. The van der Waals surface area contributed by atoms with E-state index in [1.165, 1.54) is 0 Å². The molecule has 0 aromatic heterocycles. The zero-order valence-electron chi connectivity index (χ0n) is 11.9. The minimum Gasteiger partial charge on any atom is -0.481 e. The minimum atomic E-state index is -0.873. The largest absolute Gasteiger partial charge is 0.481 e. The second kappa shape index (κ2) is 7.43. The van der Waals surface area contributed by atoms with Gasteiger partial charge in [0.25, 0.3) is 5.91 Å². The van der Waals surface area contributed by atoms with Crippen molar-refractivity contribution in [1.82, 2.24) is 5.32 Å². The SMILES string of the molecule is Cc1cccc(C(=O)NCC(CC(C)C)C(=O)O)c1Br. The van der Waals surface area contributed by atoms with E-state index in [2.05, 4.69) is 21.2 Å². The van der Waals surface area contributed by atoms with Gasteiger partial charge in [0, 0.05) is 11.0 Å². The Morgan fingerprint density at radius 1 is 1.35 bits per heavy atom. The number of benzene rings is 1. The third-order valence-electron chi connectivity index (χ3n) is 3.05. The molecule has 4 nitrogen and oxygen atoms in total. The zero-order chi connectivity index (χ0) is 15.3. The van der Waals surface area contributed by atoms with Gasteiger partial charge >= 0.3 is 5.97 Å². The van der Waals surface area contributed by atoms with Crippen LogP contribution in [0.1, 0.15) is 36.2 Å². The quantitative estimate of drug-likeness (QED) is 0.834. The summed E-state index contributed by atoms with van der Waals surface area (Å²) in [5, 5.41) is 11.8. The average Bonchev–Trinajstić information content (AvgIpc) is 2.36. The predicted octanol–water partition coefficient (Wildman–Crippen LogP) is 3.23. The molecule has 110 valence electrons. The lowest BCUT2D eigenvalue weighted by Gasteiger charge is -2.16. The lowest BCUT2D eigenvalue weighted by molar-refractivity contribution is -0.142. The first-order valence-corrected chi connectivity index (χ1v) is 7.38. The van der Waals surface area contributed by atoms with Gasteiger partial charge in [-0.25, -0.2) is 0 Å². The average molecular weight is 342 g/mol. The van der Waals surface area contributed by atoms with Crippen molar-refractivity contribution in [1.29, 1.82) is 0 Å². The summed E-state index contributed by atoms with van der Waals surface area (Å²) < 4.78 is 0.744. The van der Waals surface area contributed by atoms with Gasteiger partial charge in [-0.1, -0.05) is 26.0 Å². The lowest BCUT2D eigenvalue weighted by atomic mass is 9.97. The molecule has 0 bridgehead atoms. The van der Waals surface area contributed by atoms with Crippen LogP contribution in [-0.2, 0) is 4.79 Å². The number of hydrogen-bond acceptors (Lipinski definition) is 2. The number of carbonyl (C=O) groups is 2. The number of carboxylic acids is 1. The van der Waals surface area contributed by atoms with Gasteiger partial charge in [0.15, 0.2) is 0 Å². The minimum absolute atomic E-state index is 0.146. The number of nitrogens with one attached hydrogen (secondary N) is 1. The maximum Gasteiger partial charge on any atom is 0.308 e. The van der Waals surface area contributed by atoms with Crippen LogP contribution in [0.3, 0.4) is 0 Å². The summed E-state index contributed by atoms with van der Waals surface area (Å²) in [7, 11) is 0. The van der Waals surface area contributed by atoms with E-state index in [1.54, 1.807) is 12.1 Å². The lowest BCUT2D eigenvalue weighted by Crippen LogP contribution is -2.33. The Bertz CT molecular complexity index is 500. The Hall–Kier alpha value is -1.36. The molecule has 1 atom stereocenters. The van der Waals surface area contributed by atoms with Crippen LogP contribution >= 0.6 is 15.9 Å². The Morgan fingerprint density at radius 3 is 2.55 bits per heavy atom. The van der Waals surface area contributed by atoms with Crippen molar-refractivity contribution in [2.75, 3.05) is 6.54 Å². The monoisotopic (exact) mass is 341 g/mol. The van der Waals surface area contributed by atoms with E-state index in [4.69, 9.17) is 5.11 Å². The van der Waals surface area contributed by atoms with Crippen LogP contribution in [0, 0.1) is 18.8 Å². The molecule has 0 aliphatic carbocycles. The smallest absolute Gasteiger partial charge is 0.308 e. The number of aryl methyl sites for hydroxylation is 1. The van der Waals surface area contributed by atoms with Crippen molar-refractivity contribution in [3.63, 3.8) is 0 Å². The molecule has 0 aliphatic rings. The van der Waals surface area contributed by atoms with Crippen LogP contribution in [0.25, 0.3) is 0 Å². The normalized spacial score (nSPS) is 12.2. The molecule has 1 rings (SSSR count). The highest BCUT2D eigenvalue weighted by atomic mass is 79.9. The summed E-state index contributed by atoms with van der Waals surface area (Å²) in [5.41, 5.74) is 1.49. The van der Waals surface area contributed by atoms with Crippen molar-refractivity contribution in [2.24, 2.45) is 11.8 Å². The molecule has 20 heavy (non-hydrogen) atoms. The van der Waals surface area contributed by atoms with Gasteiger partial charge in [-0.05, 0) is 46.8 Å². The number of carbonyl (C=O) groups excluding carboxylic acids is 1. The fourth-order valence-electron chi connectivity index (χ4n) is 1.97. The van der Waals surface area contributed by atoms with E-state index in [-0.39, 0.29) is 18.4 Å². The first-order valence-electron chi connectivity index (χ1n) is 6.59. The van der Waals surface area contributed by atoms with Gasteiger partial charge in [-0.3, -0.25) is 9.59 Å². The predicted molar refractivity (Wildman–Crippen MR) is 81.8 cm³/mol. The highest BCUT2D eigenvalue weighted by molar-refractivity contribution is 9.10. The Balaban J connectivity index is 2.70. The van der Waals surface area contributed by atoms with Crippen molar-refractivity contribution < 1.29 is 14.7 Å². The molecular weight excluding hydrogens is 322 g/mol. The van der Waals surface area contributed by atoms with Gasteiger partial charge in [0.05, 0.1) is 11.5 Å². The molecule has 0 spiro atoms. The van der Waals surface area contributed by atoms with Gasteiger partial charge in [0.2, 0.25) is 0 Å². The first kappa shape index (κ1) is 16.7. The van der Waals surface area contributed by atoms with Crippen molar-refractivity contribution in [2.45, 2.75) is 27.2 Å². The number of amides is 1. The second-order valence-electron chi connectivity index (χ2n) is 5.31. The van der Waals surface area contributed by atoms with Gasteiger partial charge in [-0.2, -0.15) is 0 Å². The van der Waals surface area contributed by atoms with E-state index >= 15 is 0 Å². The number of rotatable bonds is 6. The molecular formula is C15H20BrNO3. The molecule has 0 saturated heterocycles. The van der Waals surface area contributed by atoms with Crippen molar-refractivity contribution in [3.05, 3.63) is 33.8 Å². The molecule has 2 N–H and O–H groups in total. The highest BCUT2D eigenvalue weighted by Crippen LogP contribution is 2.21. The third kappa shape index (κ3) is 4.63. The molecule has 1 amide bonds. The van der Waals surface area contributed by atoms with Crippen LogP contribution in [0.5, 0.6) is 0 Å². The number of hydrogen-bond donors (Lipinski definition) is 2. The van der Waals surface area contributed by atoms with E-state index in [9.17, 15) is 9.59 Å². The molecule has 0 aliphatic heterocycles. The Morgan fingerprint density at radius 2 is 2.00 bits per heavy atom. The molecule has 1 unspecified atom stereocenters. The van der Waals surface area contributed by atoms with Crippen molar-refractivity contribution in [3.8, 4) is 0 Å². The Labute approximate surface area is 127 Å². The summed E-state index contributed by atoms with van der Waals surface area (Å²) in [4.78, 5) is 23.2. The van der Waals surface area contributed by atoms with Crippen molar-refractivity contribution >= 4 is 27.8 Å². The maximum atomic E-state index is 12.1. The van der Waals surface area contributed by atoms with Gasteiger partial charge in [0.1, 0.15) is 0 Å². The summed E-state index contributed by atoms with van der Waals surface area (Å²) in [6, 6.07) is 5.42. The maximum absolute atomic E-state index is 12.1. The fraction of sp³-hybridized carbons (Fsp3) is 0.467. The van der Waals surface area contributed by atoms with Gasteiger partial charge in [-0.15, -0.1) is 0 Å². The topological polar surface area (TPSA) is 66.4 Å². The summed E-state index contributed by atoms with van der Waals surface area (Å²) in [5.74, 6) is -1.40. The number of halogens is 1. The van der Waals surface area contributed by atoms with Crippen LogP contribution in [0.15, 0.2) is 22.7 Å². The number of aliphatic carboxylic acids is 1. The molecule has 0 saturated carbocycles. The van der Waals surface area contributed by atoms with Crippen LogP contribution in [-0.4, -0.2) is 23.5 Å². The second-order valence-corrected chi connectivity index (χ2v) is 6.10. The van der Waals surface area contributed by atoms with Crippen LogP contribution in [0.2, 0.25) is 0 Å². The third-order valence-corrected chi connectivity index (χ3v) is 4.10. The van der Waals surface area contributed by atoms with Crippen LogP contribution < -0.4 is 5.32 Å². The summed E-state index contributed by atoms with van der Waals surface area (Å²) in [6.07, 6.45) is 0.546. The molecule has 5 heteroatoms. The highest BCUT2D eigenvalue weighted by Gasteiger charge is 2.20. The van der Waals surface area contributed by atoms with Crippen LogP contribution in [0.4, 0.5) is 0 Å². The standard InChI is InChI=1S/C15H20BrNO3/c1-9(2)7-11(15(19)20)8-17-14(18)12-6-4-5-10(3)13(12)16/h4-6,9,11H,7-8H2,1-3H3,(H,17,18)(H,19,20). The molecule has 0 radical (unpaired) electrons. The molecule has 1 aromatic carbocycles. The molecule has 0 fully saturated rings. The van der Waals surface area contributed by atoms with Gasteiger partial charge < -0.3 is 10.4 Å². The van der Waals surface area contributed by atoms with E-state index < -0.39 is 11.9 Å². The Kier molecular flexibility index (Phi) is 6.20. The summed E-state index contributed by atoms with van der Waals surface area (Å²) >= 11 is 3.38. The fourth-order valence-corrected chi connectivity index (χ4v) is 2.42. The molecule has 0 heterocycles. The van der Waals surface area contributed by atoms with E-state index in [0.717, 1.165) is 10.0 Å². The van der Waals surface area contributed by atoms with E-state index in [1.807, 2.05) is 26.8 Å². The molecule has 1 aromatic rings.